The van der Waals surface area contributed by atoms with Crippen molar-refractivity contribution in [1.82, 2.24) is 0 Å². The Kier molecular flexibility index (Phi) is 12.3. The molecule has 3 nitrogen and oxygen atoms in total. The zero-order chi connectivity index (χ0) is 57.6. The van der Waals surface area contributed by atoms with E-state index in [2.05, 4.69) is 307 Å². The van der Waals surface area contributed by atoms with Gasteiger partial charge < -0.3 is 14.7 Å². The molecule has 0 unspecified atom stereocenters. The average molecular weight is 1070 g/mol. The molecule has 0 atom stereocenters. The summed E-state index contributed by atoms with van der Waals surface area (Å²) in [6.45, 7) is 36.2. The number of nitrogens with zero attached hydrogens (tertiary/aromatic N) is 3. The lowest BCUT2D eigenvalue weighted by atomic mass is 9.33. The van der Waals surface area contributed by atoms with Crippen LogP contribution < -0.4 is 31.1 Å². The van der Waals surface area contributed by atoms with Crippen molar-refractivity contribution >= 4 is 74.3 Å². The van der Waals surface area contributed by atoms with Crippen molar-refractivity contribution < 1.29 is 0 Å². The van der Waals surface area contributed by atoms with Crippen molar-refractivity contribution in [3.8, 4) is 22.3 Å². The Morgan fingerprint density at radius 3 is 1.50 bits per heavy atom. The molecule has 0 saturated heterocycles. The summed E-state index contributed by atoms with van der Waals surface area (Å²) in [6, 6.07) is 73.0. The second-order valence-electron chi connectivity index (χ2n) is 29.3. The Morgan fingerprint density at radius 1 is 0.378 bits per heavy atom. The zero-order valence-corrected chi connectivity index (χ0v) is 51.4. The molecule has 0 bridgehead atoms. The van der Waals surface area contributed by atoms with Crippen LogP contribution in [0, 0.1) is 6.92 Å². The summed E-state index contributed by atoms with van der Waals surface area (Å²) in [7, 11) is 0. The van der Waals surface area contributed by atoms with Crippen LogP contribution in [0.2, 0.25) is 0 Å². The van der Waals surface area contributed by atoms with Gasteiger partial charge in [0.1, 0.15) is 0 Å². The maximum atomic E-state index is 2.74. The van der Waals surface area contributed by atoms with E-state index >= 15 is 0 Å². The second-order valence-corrected chi connectivity index (χ2v) is 29.3. The minimum Gasteiger partial charge on any atom is -0.311 e. The maximum Gasteiger partial charge on any atom is 0.252 e. The van der Waals surface area contributed by atoms with Crippen molar-refractivity contribution in [3.05, 3.63) is 227 Å². The summed E-state index contributed by atoms with van der Waals surface area (Å²) >= 11 is 0. The number of anilines is 9. The normalized spacial score (nSPS) is 16.9. The highest BCUT2D eigenvalue weighted by atomic mass is 15.2. The maximum absolute atomic E-state index is 2.74. The van der Waals surface area contributed by atoms with E-state index in [1.807, 2.05) is 0 Å². The van der Waals surface area contributed by atoms with Crippen molar-refractivity contribution in [3.63, 3.8) is 0 Å². The third-order valence-corrected chi connectivity index (χ3v) is 19.5. The highest BCUT2D eigenvalue weighted by Crippen LogP contribution is 2.56. The fourth-order valence-electron chi connectivity index (χ4n) is 15.0. The molecular weight excluding hydrogens is 990 g/mol. The average Bonchev–Trinajstić information content (AvgIpc) is 2.29. The highest BCUT2D eigenvalue weighted by molar-refractivity contribution is 7.00. The Labute approximate surface area is 491 Å². The van der Waals surface area contributed by atoms with Crippen molar-refractivity contribution in [1.29, 1.82) is 0 Å². The third-order valence-electron chi connectivity index (χ3n) is 19.5. The van der Waals surface area contributed by atoms with Crippen LogP contribution in [-0.4, -0.2) is 6.71 Å². The summed E-state index contributed by atoms with van der Waals surface area (Å²) in [6.07, 6.45) is 3.39. The lowest BCUT2D eigenvalue weighted by Gasteiger charge is -2.48. The van der Waals surface area contributed by atoms with Gasteiger partial charge in [-0.05, 0) is 197 Å². The predicted octanol–water partition coefficient (Wildman–Crippen LogP) is 19.8. The highest BCUT2D eigenvalue weighted by Gasteiger charge is 2.48. The fraction of sp³-hybridized carbons (Fsp3) is 0.308. The summed E-state index contributed by atoms with van der Waals surface area (Å²) in [5.74, 6) is 0. The molecule has 2 aliphatic carbocycles. The summed E-state index contributed by atoms with van der Waals surface area (Å²) in [5, 5.41) is 0. The van der Waals surface area contributed by atoms with Crippen LogP contribution in [0.4, 0.5) is 51.2 Å². The van der Waals surface area contributed by atoms with E-state index in [0.717, 1.165) is 36.3 Å². The van der Waals surface area contributed by atoms with Crippen LogP contribution in [0.25, 0.3) is 22.3 Å². The van der Waals surface area contributed by atoms with Crippen molar-refractivity contribution in [2.45, 2.75) is 156 Å². The molecule has 4 heteroatoms. The lowest BCUT2D eigenvalue weighted by Crippen LogP contribution is -2.62. The Hall–Kier alpha value is -7.56. The molecular formula is C78H82BN3. The first-order valence-electron chi connectivity index (χ1n) is 30.3. The van der Waals surface area contributed by atoms with Gasteiger partial charge in [0.05, 0.1) is 11.4 Å². The van der Waals surface area contributed by atoms with E-state index in [1.54, 1.807) is 0 Å². The van der Waals surface area contributed by atoms with Crippen LogP contribution >= 0.6 is 0 Å². The fourth-order valence-corrected chi connectivity index (χ4v) is 15.0. The Balaban J connectivity index is 1.21. The number of fused-ring (bicyclic) bond motifs is 6. The van der Waals surface area contributed by atoms with Crippen LogP contribution in [0.1, 0.15) is 155 Å². The molecule has 0 spiro atoms. The molecule has 0 radical (unpaired) electrons. The third kappa shape index (κ3) is 8.76. The predicted molar refractivity (Wildman–Crippen MR) is 354 cm³/mol. The quantitative estimate of drug-likeness (QED) is 0.147. The first kappa shape index (κ1) is 53.7. The van der Waals surface area contributed by atoms with Crippen LogP contribution in [0.15, 0.2) is 188 Å². The number of hydrogen-bond acceptors (Lipinski definition) is 3. The van der Waals surface area contributed by atoms with E-state index in [4.69, 9.17) is 0 Å². The number of hydrogen-bond donors (Lipinski definition) is 0. The molecule has 0 saturated carbocycles. The number of rotatable bonds is 7. The van der Waals surface area contributed by atoms with Gasteiger partial charge in [0.2, 0.25) is 0 Å². The van der Waals surface area contributed by atoms with E-state index < -0.39 is 0 Å². The summed E-state index contributed by atoms with van der Waals surface area (Å²) in [4.78, 5) is 7.89. The first-order chi connectivity index (χ1) is 38.8. The number of aryl methyl sites for hydroxylation is 1. The van der Waals surface area contributed by atoms with Gasteiger partial charge in [-0.15, -0.1) is 0 Å². The number of benzene rings is 9. The Bertz CT molecular complexity index is 3960. The molecule has 0 fully saturated rings. The van der Waals surface area contributed by atoms with Gasteiger partial charge in [-0.2, -0.15) is 0 Å². The molecule has 9 aromatic carbocycles. The monoisotopic (exact) mass is 1070 g/mol. The molecule has 2 heterocycles. The molecule has 13 rings (SSSR count). The molecule has 2 aliphatic heterocycles. The van der Waals surface area contributed by atoms with Gasteiger partial charge in [0.25, 0.3) is 6.71 Å². The van der Waals surface area contributed by atoms with Crippen LogP contribution in [-0.2, 0) is 32.5 Å². The smallest absolute Gasteiger partial charge is 0.252 e. The first-order valence-corrected chi connectivity index (χ1v) is 30.3. The SMILES string of the molecule is Cc1ccc(-c2ccccc2)cc1N1c2cc(C(C)(C)C)ccc2B2c3cc4c(cc3N(c3ccc(C(C)(C)C)cc3-c3ccc5c(c3)C(C)(C)CC5(C)C)c3cc(N(c5ccccc5)c5ccccc5)cc1c32)C(C)(C)CCC4(C)C. The molecule has 0 aromatic heterocycles. The van der Waals surface area contributed by atoms with Gasteiger partial charge in [0, 0.05) is 45.4 Å². The van der Waals surface area contributed by atoms with E-state index in [9.17, 15) is 0 Å². The number of para-hydroxylation sites is 2. The van der Waals surface area contributed by atoms with Crippen molar-refractivity contribution in [2.24, 2.45) is 0 Å². The van der Waals surface area contributed by atoms with Crippen LogP contribution in [0.3, 0.4) is 0 Å². The molecule has 4 aliphatic rings. The minimum atomic E-state index is -0.0968. The van der Waals surface area contributed by atoms with Crippen LogP contribution in [0.5, 0.6) is 0 Å². The largest absolute Gasteiger partial charge is 0.311 e. The molecule has 0 amide bonds. The van der Waals surface area contributed by atoms with E-state index in [-0.39, 0.29) is 39.2 Å². The van der Waals surface area contributed by atoms with Gasteiger partial charge in [-0.25, -0.2) is 0 Å². The Morgan fingerprint density at radius 2 is 0.890 bits per heavy atom. The summed E-state index contributed by atoms with van der Waals surface area (Å²) in [5.41, 5.74) is 29.2. The molecule has 9 aromatic rings. The summed E-state index contributed by atoms with van der Waals surface area (Å²) < 4.78 is 0. The standard InChI is InChI=1S/C78H82BN3/c1-50-31-32-52(51-25-19-16-20-26-51)42-67(50)82-68-44-55(74(5,6)7)34-37-64(68)79-65-47-62-63(76(10,11)40-39-75(62,8)9)48-69(65)81(70-45-58(46-71(82)72(70)79)80(56-27-21-17-22-28-56)57-29-23-18-24-30-57)66-38-35-54(73(2,3)4)43-59(66)53-33-36-60-61(41-53)78(14,15)49-77(60,12)13/h16-38,41-48H,39-40,49H2,1-15H3. The lowest BCUT2D eigenvalue weighted by molar-refractivity contribution is 0.332. The topological polar surface area (TPSA) is 9.72 Å². The van der Waals surface area contributed by atoms with Crippen molar-refractivity contribution in [2.75, 3.05) is 14.7 Å². The zero-order valence-electron chi connectivity index (χ0n) is 51.4. The minimum absolute atomic E-state index is 0.0112. The van der Waals surface area contributed by atoms with Gasteiger partial charge in [0.15, 0.2) is 0 Å². The van der Waals surface area contributed by atoms with Gasteiger partial charge >= 0.3 is 0 Å². The van der Waals surface area contributed by atoms with E-state index in [1.165, 1.54) is 112 Å². The second kappa shape index (κ2) is 18.7. The molecule has 82 heavy (non-hydrogen) atoms. The van der Waals surface area contributed by atoms with Gasteiger partial charge in [-0.3, -0.25) is 0 Å². The molecule has 412 valence electrons. The van der Waals surface area contributed by atoms with Gasteiger partial charge in [-0.1, -0.05) is 218 Å². The molecule has 0 N–H and O–H groups in total. The van der Waals surface area contributed by atoms with E-state index in [0.29, 0.717) is 0 Å².